The Hall–Kier alpha value is -3.03. The first-order valence-electron chi connectivity index (χ1n) is 5.56. The van der Waals surface area contributed by atoms with Crippen LogP contribution >= 0.6 is 0 Å². The van der Waals surface area contributed by atoms with Gasteiger partial charge in [-0.15, -0.1) is 0 Å². The maximum absolute atomic E-state index is 12.2. The standard InChI is InChI=1S/C12H7N3O5/c1-5-9(14-20-13-5)15-10(16)7-3-2-6(12(18)19)4-8(7)11(15)17/h2-4H,1H3,(H,18,19). The summed E-state index contributed by atoms with van der Waals surface area (Å²) in [5, 5.41) is 15.9. The highest BCUT2D eigenvalue weighted by Gasteiger charge is 2.39. The van der Waals surface area contributed by atoms with E-state index < -0.39 is 17.8 Å². The molecule has 100 valence electrons. The van der Waals surface area contributed by atoms with Crippen LogP contribution in [0.2, 0.25) is 0 Å². The van der Waals surface area contributed by atoms with Gasteiger partial charge in [0.2, 0.25) is 5.82 Å². The number of anilines is 1. The lowest BCUT2D eigenvalue weighted by atomic mass is 10.1. The van der Waals surface area contributed by atoms with Crippen molar-refractivity contribution in [3.63, 3.8) is 0 Å². The van der Waals surface area contributed by atoms with Gasteiger partial charge >= 0.3 is 5.97 Å². The third kappa shape index (κ3) is 1.51. The van der Waals surface area contributed by atoms with Crippen LogP contribution in [0.5, 0.6) is 0 Å². The number of aryl methyl sites for hydroxylation is 1. The van der Waals surface area contributed by atoms with Gasteiger partial charge in [-0.3, -0.25) is 9.59 Å². The van der Waals surface area contributed by atoms with Gasteiger partial charge in [-0.2, -0.15) is 0 Å². The average molecular weight is 273 g/mol. The van der Waals surface area contributed by atoms with Crippen molar-refractivity contribution in [1.29, 1.82) is 0 Å². The maximum atomic E-state index is 12.2. The number of hydrogen-bond donors (Lipinski definition) is 1. The molecule has 0 aliphatic carbocycles. The van der Waals surface area contributed by atoms with Crippen molar-refractivity contribution in [2.24, 2.45) is 0 Å². The monoisotopic (exact) mass is 273 g/mol. The number of carboxylic acid groups (broad SMARTS) is 1. The van der Waals surface area contributed by atoms with Crippen LogP contribution in [0.4, 0.5) is 5.82 Å². The van der Waals surface area contributed by atoms with Gasteiger partial charge < -0.3 is 5.11 Å². The summed E-state index contributed by atoms with van der Waals surface area (Å²) in [5.74, 6) is -2.40. The Balaban J connectivity index is 2.13. The zero-order valence-corrected chi connectivity index (χ0v) is 10.2. The minimum Gasteiger partial charge on any atom is -0.478 e. The van der Waals surface area contributed by atoms with Crippen LogP contribution in [0.25, 0.3) is 0 Å². The number of aromatic nitrogens is 2. The topological polar surface area (TPSA) is 114 Å². The molecule has 0 atom stereocenters. The molecule has 0 bridgehead atoms. The molecule has 0 radical (unpaired) electrons. The van der Waals surface area contributed by atoms with Crippen molar-refractivity contribution in [3.05, 3.63) is 40.6 Å². The van der Waals surface area contributed by atoms with E-state index in [-0.39, 0.29) is 28.2 Å². The van der Waals surface area contributed by atoms with Crippen molar-refractivity contribution in [2.45, 2.75) is 6.92 Å². The fourth-order valence-corrected chi connectivity index (χ4v) is 2.00. The third-order valence-electron chi connectivity index (χ3n) is 2.97. The Bertz CT molecular complexity index is 764. The summed E-state index contributed by atoms with van der Waals surface area (Å²) in [5.41, 5.74) is 0.374. The summed E-state index contributed by atoms with van der Waals surface area (Å²) < 4.78 is 4.47. The molecular formula is C12H7N3O5. The quantitative estimate of drug-likeness (QED) is 0.807. The highest BCUT2D eigenvalue weighted by atomic mass is 16.6. The van der Waals surface area contributed by atoms with Crippen LogP contribution in [0.1, 0.15) is 36.8 Å². The molecule has 1 aliphatic heterocycles. The summed E-state index contributed by atoms with van der Waals surface area (Å²) in [4.78, 5) is 36.2. The number of aromatic carboxylic acids is 1. The number of carbonyl (C=O) groups excluding carboxylic acids is 2. The van der Waals surface area contributed by atoms with Crippen LogP contribution in [0.15, 0.2) is 22.8 Å². The lowest BCUT2D eigenvalue weighted by Crippen LogP contribution is -2.30. The number of carboxylic acids is 1. The average Bonchev–Trinajstić information content (AvgIpc) is 2.93. The minimum atomic E-state index is -1.18. The Morgan fingerprint density at radius 1 is 1.20 bits per heavy atom. The second-order valence-corrected chi connectivity index (χ2v) is 4.18. The second kappa shape index (κ2) is 3.98. The van der Waals surface area contributed by atoms with Gasteiger partial charge in [0.25, 0.3) is 11.8 Å². The van der Waals surface area contributed by atoms with Crippen molar-refractivity contribution in [2.75, 3.05) is 4.90 Å². The van der Waals surface area contributed by atoms with Crippen LogP contribution in [-0.4, -0.2) is 33.2 Å². The van der Waals surface area contributed by atoms with E-state index >= 15 is 0 Å². The third-order valence-corrected chi connectivity index (χ3v) is 2.97. The number of nitrogens with zero attached hydrogens (tertiary/aromatic N) is 3. The normalized spacial score (nSPS) is 13.8. The highest BCUT2D eigenvalue weighted by molar-refractivity contribution is 6.34. The fraction of sp³-hybridized carbons (Fsp3) is 0.0833. The Labute approximate surface area is 111 Å². The molecule has 1 aromatic heterocycles. The Morgan fingerprint density at radius 2 is 1.90 bits per heavy atom. The van der Waals surface area contributed by atoms with Crippen LogP contribution in [0.3, 0.4) is 0 Å². The molecule has 0 saturated heterocycles. The molecule has 1 aromatic carbocycles. The SMILES string of the molecule is Cc1nonc1N1C(=O)c2ccc(C(=O)O)cc2C1=O. The Kier molecular flexibility index (Phi) is 2.40. The van der Waals surface area contributed by atoms with Crippen molar-refractivity contribution < 1.29 is 24.1 Å². The van der Waals surface area contributed by atoms with Crippen LogP contribution in [0, 0.1) is 6.92 Å². The van der Waals surface area contributed by atoms with E-state index in [1.54, 1.807) is 0 Å². The van der Waals surface area contributed by atoms with Crippen molar-refractivity contribution in [1.82, 2.24) is 10.3 Å². The van der Waals surface area contributed by atoms with Gasteiger partial charge in [-0.1, -0.05) is 5.16 Å². The predicted molar refractivity (Wildman–Crippen MR) is 63.6 cm³/mol. The number of benzene rings is 1. The summed E-state index contributed by atoms with van der Waals surface area (Å²) in [7, 11) is 0. The summed E-state index contributed by atoms with van der Waals surface area (Å²) in [6.07, 6.45) is 0. The predicted octanol–water partition coefficient (Wildman–Crippen LogP) is 0.877. The molecule has 2 amide bonds. The van der Waals surface area contributed by atoms with E-state index in [4.69, 9.17) is 5.11 Å². The molecular weight excluding hydrogens is 266 g/mol. The molecule has 0 unspecified atom stereocenters. The van der Waals surface area contributed by atoms with E-state index in [0.717, 1.165) is 4.90 Å². The molecule has 2 aromatic rings. The number of fused-ring (bicyclic) bond motifs is 1. The lowest BCUT2D eigenvalue weighted by Gasteiger charge is -2.08. The van der Waals surface area contributed by atoms with E-state index in [0.29, 0.717) is 0 Å². The van der Waals surface area contributed by atoms with Gasteiger partial charge in [0.1, 0.15) is 5.69 Å². The van der Waals surface area contributed by atoms with E-state index in [2.05, 4.69) is 14.9 Å². The first-order valence-corrected chi connectivity index (χ1v) is 5.56. The smallest absolute Gasteiger partial charge is 0.335 e. The molecule has 0 spiro atoms. The zero-order valence-electron chi connectivity index (χ0n) is 10.2. The molecule has 2 heterocycles. The van der Waals surface area contributed by atoms with Crippen molar-refractivity contribution in [3.8, 4) is 0 Å². The van der Waals surface area contributed by atoms with Gasteiger partial charge in [-0.05, 0) is 30.3 Å². The van der Waals surface area contributed by atoms with Gasteiger partial charge in [0, 0.05) is 0 Å². The largest absolute Gasteiger partial charge is 0.478 e. The summed E-state index contributed by atoms with van der Waals surface area (Å²) in [6, 6.07) is 3.74. The molecule has 0 fully saturated rings. The van der Waals surface area contributed by atoms with Gasteiger partial charge in [0.05, 0.1) is 16.7 Å². The number of carbonyl (C=O) groups is 3. The summed E-state index contributed by atoms with van der Waals surface area (Å²) >= 11 is 0. The number of hydrogen-bond acceptors (Lipinski definition) is 6. The first-order chi connectivity index (χ1) is 9.50. The maximum Gasteiger partial charge on any atom is 0.335 e. The molecule has 8 nitrogen and oxygen atoms in total. The van der Waals surface area contributed by atoms with Crippen LogP contribution in [-0.2, 0) is 0 Å². The zero-order chi connectivity index (χ0) is 14.4. The molecule has 20 heavy (non-hydrogen) atoms. The van der Waals surface area contributed by atoms with E-state index in [1.807, 2.05) is 0 Å². The fourth-order valence-electron chi connectivity index (χ4n) is 2.00. The number of amides is 2. The van der Waals surface area contributed by atoms with Gasteiger partial charge in [-0.25, -0.2) is 14.3 Å². The summed E-state index contributed by atoms with van der Waals surface area (Å²) in [6.45, 7) is 1.54. The molecule has 8 heteroatoms. The second-order valence-electron chi connectivity index (χ2n) is 4.18. The van der Waals surface area contributed by atoms with E-state index in [1.165, 1.54) is 25.1 Å². The Morgan fingerprint density at radius 3 is 2.50 bits per heavy atom. The van der Waals surface area contributed by atoms with Crippen LogP contribution < -0.4 is 4.90 Å². The highest BCUT2D eigenvalue weighted by Crippen LogP contribution is 2.29. The number of imide groups is 1. The van der Waals surface area contributed by atoms with Crippen molar-refractivity contribution >= 4 is 23.6 Å². The lowest BCUT2D eigenvalue weighted by molar-refractivity contribution is 0.0696. The minimum absolute atomic E-state index is 0.00748. The molecule has 3 rings (SSSR count). The molecule has 1 aliphatic rings. The first kappa shape index (κ1) is 12.0. The number of rotatable bonds is 2. The molecule has 1 N–H and O–H groups in total. The van der Waals surface area contributed by atoms with Gasteiger partial charge in [0.15, 0.2) is 0 Å². The molecule has 0 saturated carbocycles. The van der Waals surface area contributed by atoms with E-state index in [9.17, 15) is 14.4 Å².